The number of para-hydroxylation sites is 1. The number of rotatable bonds is 1. The van der Waals surface area contributed by atoms with Gasteiger partial charge < -0.3 is 10.1 Å². The van der Waals surface area contributed by atoms with Crippen LogP contribution in [0.5, 0.6) is 0 Å². The molecule has 0 fully saturated rings. The Bertz CT molecular complexity index is 373. The second-order valence-electron chi connectivity index (χ2n) is 3.73. The molecule has 1 aliphatic heterocycles. The minimum absolute atomic E-state index is 0.237. The first-order chi connectivity index (χ1) is 6.74. The van der Waals surface area contributed by atoms with Gasteiger partial charge in [-0.25, -0.2) is 0 Å². The van der Waals surface area contributed by atoms with Crippen LogP contribution in [0.4, 0.5) is 5.69 Å². The molecule has 14 heavy (non-hydrogen) atoms. The number of nitrogens with zero attached hydrogens (tertiary/aromatic N) is 2. The Hall–Kier alpha value is -1.51. The molecule has 0 aromatic heterocycles. The largest absolute Gasteiger partial charge is 0.411 e. The van der Waals surface area contributed by atoms with E-state index in [0.717, 1.165) is 12.3 Å². The summed E-state index contributed by atoms with van der Waals surface area (Å²) in [6, 6.07) is 8.25. The summed E-state index contributed by atoms with van der Waals surface area (Å²) in [6.45, 7) is 2.76. The van der Waals surface area contributed by atoms with Gasteiger partial charge in [-0.1, -0.05) is 23.4 Å². The molecule has 1 aromatic rings. The molecule has 3 nitrogen and oxygen atoms in total. The van der Waals surface area contributed by atoms with E-state index in [2.05, 4.69) is 29.2 Å². The monoisotopic (exact) mass is 190 g/mol. The molecule has 1 heterocycles. The Kier molecular flexibility index (Phi) is 2.15. The zero-order valence-electron chi connectivity index (χ0n) is 8.44. The van der Waals surface area contributed by atoms with E-state index in [1.54, 1.807) is 0 Å². The maximum Gasteiger partial charge on any atom is 0.0633 e. The van der Waals surface area contributed by atoms with Crippen molar-refractivity contribution in [2.75, 3.05) is 18.5 Å². The molecule has 0 saturated carbocycles. The normalized spacial score (nSPS) is 21.1. The van der Waals surface area contributed by atoms with Gasteiger partial charge in [0.05, 0.1) is 5.71 Å². The third kappa shape index (κ3) is 1.25. The molecule has 0 aliphatic carbocycles. The van der Waals surface area contributed by atoms with Crippen molar-refractivity contribution in [3.05, 3.63) is 29.8 Å². The minimum Gasteiger partial charge on any atom is -0.411 e. The summed E-state index contributed by atoms with van der Waals surface area (Å²) < 4.78 is 0. The van der Waals surface area contributed by atoms with Crippen LogP contribution in [-0.2, 0) is 0 Å². The van der Waals surface area contributed by atoms with Gasteiger partial charge >= 0.3 is 0 Å². The van der Waals surface area contributed by atoms with Gasteiger partial charge in [-0.05, 0) is 18.6 Å². The number of likely N-dealkylation sites (N-methyl/N-ethyl adjacent to an activating group) is 1. The van der Waals surface area contributed by atoms with Crippen LogP contribution >= 0.6 is 0 Å². The Morgan fingerprint density at radius 2 is 2.21 bits per heavy atom. The highest BCUT2D eigenvalue weighted by molar-refractivity contribution is 5.92. The van der Waals surface area contributed by atoms with Crippen LogP contribution in [0.25, 0.3) is 0 Å². The van der Waals surface area contributed by atoms with Crippen molar-refractivity contribution in [1.82, 2.24) is 0 Å². The summed E-state index contributed by atoms with van der Waals surface area (Å²) >= 11 is 0. The van der Waals surface area contributed by atoms with Gasteiger partial charge in [-0.15, -0.1) is 0 Å². The molecule has 74 valence electrons. The van der Waals surface area contributed by atoms with Gasteiger partial charge in [0.25, 0.3) is 0 Å². The van der Waals surface area contributed by atoms with E-state index in [4.69, 9.17) is 5.21 Å². The highest BCUT2D eigenvalue weighted by Crippen LogP contribution is 2.35. The SMILES string of the molecule is CC(=NO)C1CN(C)c2ccccc21. The molecule has 0 spiro atoms. The topological polar surface area (TPSA) is 35.8 Å². The van der Waals surface area contributed by atoms with E-state index in [1.807, 2.05) is 19.1 Å². The van der Waals surface area contributed by atoms with Crippen molar-refractivity contribution in [3.8, 4) is 0 Å². The van der Waals surface area contributed by atoms with Crippen LogP contribution in [0.3, 0.4) is 0 Å². The minimum atomic E-state index is 0.237. The fourth-order valence-electron chi connectivity index (χ4n) is 2.03. The van der Waals surface area contributed by atoms with Crippen LogP contribution in [0.2, 0.25) is 0 Å². The third-order valence-electron chi connectivity index (χ3n) is 2.84. The lowest BCUT2D eigenvalue weighted by Gasteiger charge is -2.11. The standard InChI is InChI=1S/C11H14N2O/c1-8(12-14)10-7-13(2)11-6-4-3-5-9(10)11/h3-6,10,14H,7H2,1-2H3. The third-order valence-corrected chi connectivity index (χ3v) is 2.84. The predicted molar refractivity (Wildman–Crippen MR) is 57.3 cm³/mol. The fraction of sp³-hybridized carbons (Fsp3) is 0.364. The van der Waals surface area contributed by atoms with Crippen molar-refractivity contribution >= 4 is 11.4 Å². The van der Waals surface area contributed by atoms with Crippen LogP contribution in [0.15, 0.2) is 29.4 Å². The van der Waals surface area contributed by atoms with E-state index in [0.29, 0.717) is 0 Å². The Balaban J connectivity index is 2.44. The molecular weight excluding hydrogens is 176 g/mol. The average molecular weight is 190 g/mol. The number of anilines is 1. The van der Waals surface area contributed by atoms with Crippen LogP contribution in [0.1, 0.15) is 18.4 Å². The first kappa shape index (κ1) is 9.06. The fourth-order valence-corrected chi connectivity index (χ4v) is 2.03. The number of fused-ring (bicyclic) bond motifs is 1. The second kappa shape index (κ2) is 3.33. The van der Waals surface area contributed by atoms with Gasteiger partial charge in [0.2, 0.25) is 0 Å². The molecule has 0 amide bonds. The molecule has 1 aromatic carbocycles. The summed E-state index contributed by atoms with van der Waals surface area (Å²) in [6.07, 6.45) is 0. The molecule has 3 heteroatoms. The van der Waals surface area contributed by atoms with Crippen molar-refractivity contribution in [2.24, 2.45) is 5.16 Å². The van der Waals surface area contributed by atoms with Crippen LogP contribution in [0, 0.1) is 0 Å². The highest BCUT2D eigenvalue weighted by Gasteiger charge is 2.27. The molecule has 0 radical (unpaired) electrons. The molecule has 1 atom stereocenters. The number of hydrogen-bond acceptors (Lipinski definition) is 3. The van der Waals surface area contributed by atoms with Crippen molar-refractivity contribution in [1.29, 1.82) is 0 Å². The number of oxime groups is 1. The maximum atomic E-state index is 8.78. The van der Waals surface area contributed by atoms with Gasteiger partial charge in [-0.2, -0.15) is 0 Å². The van der Waals surface area contributed by atoms with E-state index >= 15 is 0 Å². The highest BCUT2D eigenvalue weighted by atomic mass is 16.4. The average Bonchev–Trinajstić information content (AvgIpc) is 2.56. The Morgan fingerprint density at radius 3 is 2.93 bits per heavy atom. The summed E-state index contributed by atoms with van der Waals surface area (Å²) in [4.78, 5) is 2.19. The van der Waals surface area contributed by atoms with Gasteiger partial charge in [0.15, 0.2) is 0 Å². The second-order valence-corrected chi connectivity index (χ2v) is 3.73. The predicted octanol–water partition coefficient (Wildman–Crippen LogP) is 2.07. The molecular formula is C11H14N2O. The van der Waals surface area contributed by atoms with E-state index in [1.165, 1.54) is 11.3 Å². The lowest BCUT2D eigenvalue weighted by atomic mass is 9.97. The summed E-state index contributed by atoms with van der Waals surface area (Å²) in [7, 11) is 2.06. The van der Waals surface area contributed by atoms with Gasteiger partial charge in [0.1, 0.15) is 0 Å². The van der Waals surface area contributed by atoms with Crippen molar-refractivity contribution < 1.29 is 5.21 Å². The number of hydrogen-bond donors (Lipinski definition) is 1. The van der Waals surface area contributed by atoms with Crippen LogP contribution in [-0.4, -0.2) is 24.5 Å². The van der Waals surface area contributed by atoms with E-state index in [-0.39, 0.29) is 5.92 Å². The zero-order chi connectivity index (χ0) is 10.1. The molecule has 1 aliphatic rings. The first-order valence-electron chi connectivity index (χ1n) is 4.72. The van der Waals surface area contributed by atoms with E-state index < -0.39 is 0 Å². The Morgan fingerprint density at radius 1 is 1.50 bits per heavy atom. The van der Waals surface area contributed by atoms with Crippen molar-refractivity contribution in [3.63, 3.8) is 0 Å². The lowest BCUT2D eigenvalue weighted by Crippen LogP contribution is -2.18. The maximum absolute atomic E-state index is 8.78. The molecule has 1 N–H and O–H groups in total. The number of benzene rings is 1. The summed E-state index contributed by atoms with van der Waals surface area (Å²) in [5, 5.41) is 12.1. The van der Waals surface area contributed by atoms with Gasteiger partial charge in [-0.3, -0.25) is 0 Å². The lowest BCUT2D eigenvalue weighted by molar-refractivity contribution is 0.316. The van der Waals surface area contributed by atoms with Gasteiger partial charge in [0, 0.05) is 25.2 Å². The summed E-state index contributed by atoms with van der Waals surface area (Å²) in [5.74, 6) is 0.237. The zero-order valence-corrected chi connectivity index (χ0v) is 8.44. The van der Waals surface area contributed by atoms with E-state index in [9.17, 15) is 0 Å². The van der Waals surface area contributed by atoms with Crippen molar-refractivity contribution in [2.45, 2.75) is 12.8 Å². The first-order valence-corrected chi connectivity index (χ1v) is 4.72. The smallest absolute Gasteiger partial charge is 0.0633 e. The quantitative estimate of drug-likeness (QED) is 0.418. The Labute approximate surface area is 83.7 Å². The summed E-state index contributed by atoms with van der Waals surface area (Å²) in [5.41, 5.74) is 3.27. The molecule has 2 rings (SSSR count). The molecule has 1 unspecified atom stereocenters. The van der Waals surface area contributed by atoms with Crippen LogP contribution < -0.4 is 4.90 Å². The molecule has 0 bridgehead atoms. The molecule has 0 saturated heterocycles.